The summed E-state index contributed by atoms with van der Waals surface area (Å²) in [6, 6.07) is 11.4. The minimum absolute atomic E-state index is 0.0517. The molecule has 0 heterocycles. The maximum atomic E-state index is 11.3. The van der Waals surface area contributed by atoms with Gasteiger partial charge in [0.15, 0.2) is 9.84 Å². The first-order valence-corrected chi connectivity index (χ1v) is 8.46. The molecular weight excluding hydrogens is 344 g/mol. The van der Waals surface area contributed by atoms with Crippen molar-refractivity contribution in [1.29, 1.82) is 0 Å². The second kappa shape index (κ2) is 5.95. The molecule has 0 spiro atoms. The summed E-state index contributed by atoms with van der Waals surface area (Å²) < 4.78 is 29.1. The van der Waals surface area contributed by atoms with Crippen LogP contribution < -0.4 is 4.74 Å². The smallest absolute Gasteiger partial charge is 0.175 e. The summed E-state index contributed by atoms with van der Waals surface area (Å²) in [4.78, 5) is 0.252. The number of aliphatic hydroxyl groups is 1. The Morgan fingerprint density at radius 3 is 2.20 bits per heavy atom. The summed E-state index contributed by atoms with van der Waals surface area (Å²) in [6.07, 6.45) is 1.16. The van der Waals surface area contributed by atoms with E-state index in [9.17, 15) is 8.42 Å². The fourth-order valence-electron chi connectivity index (χ4n) is 1.61. The molecule has 106 valence electrons. The summed E-state index contributed by atoms with van der Waals surface area (Å²) in [5.41, 5.74) is 0.768. The van der Waals surface area contributed by atoms with Crippen molar-refractivity contribution in [3.05, 3.63) is 52.5 Å². The second-order valence-electron chi connectivity index (χ2n) is 4.26. The largest absolute Gasteiger partial charge is 0.457 e. The van der Waals surface area contributed by atoms with E-state index in [1.54, 1.807) is 30.3 Å². The minimum atomic E-state index is -3.20. The van der Waals surface area contributed by atoms with Crippen LogP contribution in [0, 0.1) is 0 Å². The van der Waals surface area contributed by atoms with Gasteiger partial charge in [-0.05, 0) is 42.0 Å². The monoisotopic (exact) mass is 356 g/mol. The highest BCUT2D eigenvalue weighted by molar-refractivity contribution is 9.10. The second-order valence-corrected chi connectivity index (χ2v) is 7.13. The van der Waals surface area contributed by atoms with Crippen LogP contribution in [-0.2, 0) is 16.4 Å². The van der Waals surface area contributed by atoms with Crippen LogP contribution >= 0.6 is 15.9 Å². The lowest BCUT2D eigenvalue weighted by molar-refractivity contribution is 0.281. The maximum Gasteiger partial charge on any atom is 0.175 e. The van der Waals surface area contributed by atoms with Gasteiger partial charge in [0.2, 0.25) is 0 Å². The van der Waals surface area contributed by atoms with Crippen molar-refractivity contribution in [3.63, 3.8) is 0 Å². The summed E-state index contributed by atoms with van der Waals surface area (Å²) in [5, 5.41) is 9.08. The van der Waals surface area contributed by atoms with E-state index in [1.807, 2.05) is 0 Å². The average molecular weight is 357 g/mol. The number of sulfone groups is 1. The molecule has 0 aliphatic carbocycles. The first-order chi connectivity index (χ1) is 9.40. The number of hydrogen-bond acceptors (Lipinski definition) is 4. The zero-order valence-corrected chi connectivity index (χ0v) is 13.1. The van der Waals surface area contributed by atoms with Crippen molar-refractivity contribution in [2.24, 2.45) is 0 Å². The van der Waals surface area contributed by atoms with Gasteiger partial charge in [-0.2, -0.15) is 0 Å². The fourth-order valence-corrected chi connectivity index (χ4v) is 2.72. The zero-order chi connectivity index (χ0) is 14.8. The van der Waals surface area contributed by atoms with Crippen LogP contribution in [-0.4, -0.2) is 19.8 Å². The molecule has 0 fully saturated rings. The van der Waals surface area contributed by atoms with Gasteiger partial charge >= 0.3 is 0 Å². The molecule has 0 radical (unpaired) electrons. The quantitative estimate of drug-likeness (QED) is 0.913. The molecule has 0 bridgehead atoms. The van der Waals surface area contributed by atoms with E-state index in [-0.39, 0.29) is 11.5 Å². The maximum absolute atomic E-state index is 11.3. The van der Waals surface area contributed by atoms with E-state index in [2.05, 4.69) is 15.9 Å². The van der Waals surface area contributed by atoms with E-state index >= 15 is 0 Å². The van der Waals surface area contributed by atoms with E-state index < -0.39 is 9.84 Å². The number of aliphatic hydroxyl groups excluding tert-OH is 1. The van der Waals surface area contributed by atoms with E-state index in [0.717, 1.165) is 16.3 Å². The Balaban J connectivity index is 2.20. The molecule has 2 aromatic carbocycles. The van der Waals surface area contributed by atoms with Crippen molar-refractivity contribution in [3.8, 4) is 11.5 Å². The Morgan fingerprint density at radius 2 is 1.70 bits per heavy atom. The van der Waals surface area contributed by atoms with Gasteiger partial charge in [0.1, 0.15) is 11.5 Å². The molecule has 0 aliphatic heterocycles. The molecule has 6 heteroatoms. The predicted molar refractivity (Wildman–Crippen MR) is 79.7 cm³/mol. The molecular formula is C14H13BrO4S. The molecule has 0 aliphatic rings. The molecule has 0 amide bonds. The fraction of sp³-hybridized carbons (Fsp3) is 0.143. The molecule has 2 rings (SSSR count). The number of ether oxygens (including phenoxy) is 1. The zero-order valence-electron chi connectivity index (χ0n) is 10.7. The first-order valence-electron chi connectivity index (χ1n) is 5.77. The lowest BCUT2D eigenvalue weighted by atomic mass is 10.2. The van der Waals surface area contributed by atoms with Gasteiger partial charge in [-0.1, -0.05) is 22.0 Å². The standard InChI is InChI=1S/C14H13BrO4S/c1-20(17,18)13-6-4-11(5-7-13)19-12-3-2-10(9-16)14(15)8-12/h2-8,16H,9H2,1H3. The lowest BCUT2D eigenvalue weighted by Crippen LogP contribution is -1.96. The van der Waals surface area contributed by atoms with Crippen LogP contribution in [0.2, 0.25) is 0 Å². The van der Waals surface area contributed by atoms with Gasteiger partial charge in [0.25, 0.3) is 0 Å². The Labute approximate surface area is 126 Å². The third-order valence-electron chi connectivity index (χ3n) is 2.68. The topological polar surface area (TPSA) is 63.6 Å². The van der Waals surface area contributed by atoms with Crippen LogP contribution in [0.1, 0.15) is 5.56 Å². The predicted octanol–water partition coefficient (Wildman–Crippen LogP) is 3.14. The SMILES string of the molecule is CS(=O)(=O)c1ccc(Oc2ccc(CO)c(Br)c2)cc1. The number of hydrogen-bond donors (Lipinski definition) is 1. The van der Waals surface area contributed by atoms with E-state index in [4.69, 9.17) is 9.84 Å². The summed E-state index contributed by atoms with van der Waals surface area (Å²) in [7, 11) is -3.20. The van der Waals surface area contributed by atoms with E-state index in [1.165, 1.54) is 12.1 Å². The Morgan fingerprint density at radius 1 is 1.10 bits per heavy atom. The molecule has 0 saturated carbocycles. The van der Waals surface area contributed by atoms with E-state index in [0.29, 0.717) is 11.5 Å². The van der Waals surface area contributed by atoms with Gasteiger partial charge in [-0.15, -0.1) is 0 Å². The normalized spacial score (nSPS) is 11.3. The van der Waals surface area contributed by atoms with Crippen LogP contribution in [0.3, 0.4) is 0 Å². The average Bonchev–Trinajstić information content (AvgIpc) is 2.38. The number of halogens is 1. The Hall–Kier alpha value is -1.37. The van der Waals surface area contributed by atoms with Crippen molar-refractivity contribution < 1.29 is 18.3 Å². The Bertz CT molecular complexity index is 708. The molecule has 4 nitrogen and oxygen atoms in total. The van der Waals surface area contributed by atoms with Crippen molar-refractivity contribution in [1.82, 2.24) is 0 Å². The van der Waals surface area contributed by atoms with Crippen molar-refractivity contribution in [2.45, 2.75) is 11.5 Å². The highest BCUT2D eigenvalue weighted by Gasteiger charge is 2.07. The summed E-state index contributed by atoms with van der Waals surface area (Å²) in [6.45, 7) is -0.0517. The molecule has 0 saturated heterocycles. The number of rotatable bonds is 4. The summed E-state index contributed by atoms with van der Waals surface area (Å²) in [5.74, 6) is 1.14. The van der Waals surface area contributed by atoms with Crippen LogP contribution in [0.15, 0.2) is 51.8 Å². The molecule has 20 heavy (non-hydrogen) atoms. The van der Waals surface area contributed by atoms with Crippen LogP contribution in [0.25, 0.3) is 0 Å². The van der Waals surface area contributed by atoms with Gasteiger partial charge in [0, 0.05) is 10.7 Å². The van der Waals surface area contributed by atoms with Gasteiger partial charge < -0.3 is 9.84 Å². The third-order valence-corrected chi connectivity index (χ3v) is 4.55. The van der Waals surface area contributed by atoms with Crippen LogP contribution in [0.4, 0.5) is 0 Å². The summed E-state index contributed by atoms with van der Waals surface area (Å²) >= 11 is 3.34. The number of benzene rings is 2. The van der Waals surface area contributed by atoms with Gasteiger partial charge in [-0.25, -0.2) is 8.42 Å². The van der Waals surface area contributed by atoms with Crippen molar-refractivity contribution >= 4 is 25.8 Å². The minimum Gasteiger partial charge on any atom is -0.457 e. The molecule has 2 aromatic rings. The lowest BCUT2D eigenvalue weighted by Gasteiger charge is -2.08. The van der Waals surface area contributed by atoms with Gasteiger partial charge in [0.05, 0.1) is 11.5 Å². The van der Waals surface area contributed by atoms with Crippen molar-refractivity contribution in [2.75, 3.05) is 6.26 Å². The molecule has 1 N–H and O–H groups in total. The third kappa shape index (κ3) is 3.59. The van der Waals surface area contributed by atoms with Gasteiger partial charge in [-0.3, -0.25) is 0 Å². The highest BCUT2D eigenvalue weighted by Crippen LogP contribution is 2.27. The molecule has 0 aromatic heterocycles. The highest BCUT2D eigenvalue weighted by atomic mass is 79.9. The molecule has 0 atom stereocenters. The Kier molecular flexibility index (Phi) is 4.47. The van der Waals surface area contributed by atoms with Crippen LogP contribution in [0.5, 0.6) is 11.5 Å². The molecule has 0 unspecified atom stereocenters. The first kappa shape index (κ1) is 15.0.